The highest BCUT2D eigenvalue weighted by Gasteiger charge is 2.34. The number of nitrogens with zero attached hydrogens (tertiary/aromatic N) is 1. The van der Waals surface area contributed by atoms with E-state index < -0.39 is 23.8 Å². The molecule has 11 nitrogen and oxygen atoms in total. The Morgan fingerprint density at radius 3 is 2.54 bits per heavy atom. The summed E-state index contributed by atoms with van der Waals surface area (Å²) in [5, 5.41) is 5.76. The van der Waals surface area contributed by atoms with Crippen molar-refractivity contribution in [3.63, 3.8) is 0 Å². The van der Waals surface area contributed by atoms with E-state index in [1.54, 1.807) is 36.4 Å². The molecule has 2 heterocycles. The number of ether oxygens (including phenoxy) is 3. The number of amides is 4. The standard InChI is InChI=1S/C26H21BrClN3O8/c1-36-21-10-14(18(27)11-22(21)38-13-23(32)29-16-5-3-15(28)4-6-16)9-19-24(33)31(26(35)30-19)12-17-7-8-20(39-17)25(34)37-2/h3-11H,12-13H2,1-2H3,(H,29,32)(H,30,35)/b19-9-. The fourth-order valence-electron chi connectivity index (χ4n) is 3.51. The Kier molecular flexibility index (Phi) is 8.57. The van der Waals surface area contributed by atoms with Crippen molar-refractivity contribution in [3.8, 4) is 11.5 Å². The van der Waals surface area contributed by atoms with Gasteiger partial charge in [-0.05, 0) is 60.2 Å². The number of hydrogen-bond acceptors (Lipinski definition) is 8. The van der Waals surface area contributed by atoms with Crippen LogP contribution in [0.15, 0.2) is 63.1 Å². The van der Waals surface area contributed by atoms with Crippen LogP contribution in [-0.2, 0) is 20.9 Å². The fourth-order valence-corrected chi connectivity index (χ4v) is 4.07. The molecular formula is C26H21BrClN3O8. The molecular weight excluding hydrogens is 598 g/mol. The lowest BCUT2D eigenvalue weighted by Gasteiger charge is -2.13. The first-order chi connectivity index (χ1) is 18.7. The molecule has 39 heavy (non-hydrogen) atoms. The van der Waals surface area contributed by atoms with Gasteiger partial charge >= 0.3 is 12.0 Å². The van der Waals surface area contributed by atoms with Gasteiger partial charge in [0.2, 0.25) is 5.76 Å². The molecule has 0 spiro atoms. The fraction of sp³-hybridized carbons (Fsp3) is 0.154. The number of furan rings is 1. The van der Waals surface area contributed by atoms with Gasteiger partial charge in [0.25, 0.3) is 11.8 Å². The van der Waals surface area contributed by atoms with Crippen molar-refractivity contribution in [3.05, 3.63) is 80.8 Å². The average Bonchev–Trinajstić information content (AvgIpc) is 3.49. The number of nitrogens with one attached hydrogen (secondary N) is 2. The molecule has 1 saturated heterocycles. The summed E-state index contributed by atoms with van der Waals surface area (Å²) in [6, 6.07) is 12.0. The molecule has 0 atom stereocenters. The van der Waals surface area contributed by atoms with Crippen LogP contribution in [0.1, 0.15) is 21.9 Å². The van der Waals surface area contributed by atoms with Crippen molar-refractivity contribution >= 4 is 63.1 Å². The molecule has 4 amide bonds. The zero-order chi connectivity index (χ0) is 28.1. The van der Waals surface area contributed by atoms with Gasteiger partial charge < -0.3 is 29.3 Å². The Morgan fingerprint density at radius 2 is 1.85 bits per heavy atom. The minimum absolute atomic E-state index is 0.0125. The lowest BCUT2D eigenvalue weighted by Crippen LogP contribution is -2.30. The maximum atomic E-state index is 12.9. The Morgan fingerprint density at radius 1 is 1.10 bits per heavy atom. The summed E-state index contributed by atoms with van der Waals surface area (Å²) in [5.41, 5.74) is 1.08. The average molecular weight is 619 g/mol. The van der Waals surface area contributed by atoms with Gasteiger partial charge in [0.15, 0.2) is 18.1 Å². The maximum Gasteiger partial charge on any atom is 0.373 e. The second-order valence-corrected chi connectivity index (χ2v) is 9.30. The number of anilines is 1. The van der Waals surface area contributed by atoms with Gasteiger partial charge in [-0.15, -0.1) is 0 Å². The molecule has 0 unspecified atom stereocenters. The van der Waals surface area contributed by atoms with Crippen LogP contribution in [-0.4, -0.2) is 49.5 Å². The number of benzene rings is 2. The van der Waals surface area contributed by atoms with E-state index in [0.29, 0.717) is 26.5 Å². The van der Waals surface area contributed by atoms with Crippen LogP contribution < -0.4 is 20.1 Å². The van der Waals surface area contributed by atoms with E-state index in [4.69, 9.17) is 25.5 Å². The molecule has 4 rings (SSSR count). The van der Waals surface area contributed by atoms with Crippen LogP contribution in [0, 0.1) is 0 Å². The van der Waals surface area contributed by atoms with E-state index >= 15 is 0 Å². The lowest BCUT2D eigenvalue weighted by molar-refractivity contribution is -0.123. The Bertz CT molecular complexity index is 1470. The third-order valence-corrected chi connectivity index (χ3v) is 6.33. The SMILES string of the molecule is COC(=O)c1ccc(CN2C(=O)N/C(=C\c3cc(OC)c(OCC(=O)Nc4ccc(Cl)cc4)cc3Br)C2=O)o1. The first-order valence-electron chi connectivity index (χ1n) is 11.3. The second kappa shape index (κ2) is 12.0. The number of methoxy groups -OCH3 is 2. The summed E-state index contributed by atoms with van der Waals surface area (Å²) < 4.78 is 21.5. The molecule has 1 aliphatic heterocycles. The molecule has 13 heteroatoms. The molecule has 1 aliphatic rings. The monoisotopic (exact) mass is 617 g/mol. The molecule has 1 aromatic heterocycles. The number of halogens is 2. The Balaban J connectivity index is 1.45. The first kappa shape index (κ1) is 27.7. The Labute approximate surface area is 235 Å². The van der Waals surface area contributed by atoms with Gasteiger partial charge in [-0.3, -0.25) is 14.5 Å². The van der Waals surface area contributed by atoms with E-state index in [1.165, 1.54) is 32.4 Å². The van der Waals surface area contributed by atoms with Crippen molar-refractivity contribution in [2.45, 2.75) is 6.54 Å². The van der Waals surface area contributed by atoms with E-state index in [1.807, 2.05) is 0 Å². The molecule has 0 bridgehead atoms. The highest BCUT2D eigenvalue weighted by Crippen LogP contribution is 2.35. The predicted octanol–water partition coefficient (Wildman–Crippen LogP) is 4.60. The molecule has 1 fully saturated rings. The number of rotatable bonds is 9. The highest BCUT2D eigenvalue weighted by molar-refractivity contribution is 9.10. The van der Waals surface area contributed by atoms with Gasteiger partial charge in [-0.25, -0.2) is 9.59 Å². The van der Waals surface area contributed by atoms with E-state index in [-0.39, 0.29) is 36.1 Å². The largest absolute Gasteiger partial charge is 0.493 e. The van der Waals surface area contributed by atoms with Crippen molar-refractivity contribution in [1.82, 2.24) is 10.2 Å². The van der Waals surface area contributed by atoms with E-state index in [0.717, 1.165) is 4.90 Å². The molecule has 2 aromatic carbocycles. The van der Waals surface area contributed by atoms with Gasteiger partial charge in [-0.2, -0.15) is 0 Å². The molecule has 0 saturated carbocycles. The predicted molar refractivity (Wildman–Crippen MR) is 143 cm³/mol. The number of carbonyl (C=O) groups excluding carboxylic acids is 4. The van der Waals surface area contributed by atoms with Crippen LogP contribution in [0.25, 0.3) is 6.08 Å². The smallest absolute Gasteiger partial charge is 0.373 e. The molecule has 0 radical (unpaired) electrons. The second-order valence-electron chi connectivity index (χ2n) is 8.01. The van der Waals surface area contributed by atoms with Crippen molar-refractivity contribution < 1.29 is 37.8 Å². The summed E-state index contributed by atoms with van der Waals surface area (Å²) >= 11 is 9.28. The molecule has 3 aromatic rings. The molecule has 0 aliphatic carbocycles. The van der Waals surface area contributed by atoms with Gasteiger partial charge in [0.1, 0.15) is 11.5 Å². The summed E-state index contributed by atoms with van der Waals surface area (Å²) in [4.78, 5) is 50.2. The first-order valence-corrected chi connectivity index (χ1v) is 12.4. The van der Waals surface area contributed by atoms with Crippen LogP contribution in [0.5, 0.6) is 11.5 Å². The maximum absolute atomic E-state index is 12.9. The van der Waals surface area contributed by atoms with E-state index in [9.17, 15) is 19.2 Å². The van der Waals surface area contributed by atoms with Gasteiger partial charge in [0.05, 0.1) is 20.8 Å². The van der Waals surface area contributed by atoms with Crippen LogP contribution in [0.2, 0.25) is 5.02 Å². The number of esters is 1. The van der Waals surface area contributed by atoms with Crippen LogP contribution >= 0.6 is 27.5 Å². The van der Waals surface area contributed by atoms with Gasteiger partial charge in [-0.1, -0.05) is 27.5 Å². The zero-order valence-corrected chi connectivity index (χ0v) is 22.9. The summed E-state index contributed by atoms with van der Waals surface area (Å²) in [7, 11) is 2.64. The van der Waals surface area contributed by atoms with Gasteiger partial charge in [0, 0.05) is 15.2 Å². The minimum atomic E-state index is -0.674. The number of hydrogen-bond donors (Lipinski definition) is 2. The topological polar surface area (TPSA) is 136 Å². The number of urea groups is 1. The summed E-state index contributed by atoms with van der Waals surface area (Å²) in [5.74, 6) is -0.908. The van der Waals surface area contributed by atoms with Crippen molar-refractivity contribution in [2.24, 2.45) is 0 Å². The third-order valence-electron chi connectivity index (χ3n) is 5.39. The quantitative estimate of drug-likeness (QED) is 0.202. The normalized spacial score (nSPS) is 13.8. The summed E-state index contributed by atoms with van der Waals surface area (Å²) in [6.45, 7) is -0.478. The Hall–Kier alpha value is -4.29. The molecule has 2 N–H and O–H groups in total. The van der Waals surface area contributed by atoms with E-state index in [2.05, 4.69) is 31.3 Å². The van der Waals surface area contributed by atoms with Crippen LogP contribution in [0.3, 0.4) is 0 Å². The molecule has 202 valence electrons. The van der Waals surface area contributed by atoms with Crippen molar-refractivity contribution in [2.75, 3.05) is 26.1 Å². The number of imide groups is 1. The number of carbonyl (C=O) groups is 4. The summed E-state index contributed by atoms with van der Waals surface area (Å²) in [6.07, 6.45) is 1.46. The third kappa shape index (κ3) is 6.59. The zero-order valence-electron chi connectivity index (χ0n) is 20.6. The van der Waals surface area contributed by atoms with Crippen LogP contribution in [0.4, 0.5) is 10.5 Å². The highest BCUT2D eigenvalue weighted by atomic mass is 79.9. The minimum Gasteiger partial charge on any atom is -0.493 e. The van der Waals surface area contributed by atoms with Crippen molar-refractivity contribution in [1.29, 1.82) is 0 Å². The lowest BCUT2D eigenvalue weighted by atomic mass is 10.1.